The van der Waals surface area contributed by atoms with Gasteiger partial charge in [0.2, 0.25) is 10.0 Å². The molecular weight excluding hydrogens is 394 g/mol. The normalized spacial score (nSPS) is 11.4. The monoisotopic (exact) mass is 421 g/mol. The van der Waals surface area contributed by atoms with Crippen molar-refractivity contribution >= 4 is 16.0 Å². The highest BCUT2D eigenvalue weighted by Crippen LogP contribution is 2.30. The van der Waals surface area contributed by atoms with Gasteiger partial charge in [-0.05, 0) is 48.4 Å². The highest BCUT2D eigenvalue weighted by atomic mass is 32.2. The van der Waals surface area contributed by atoms with Gasteiger partial charge in [0.25, 0.3) is 0 Å². The number of carbonyl (C=O) groups is 1. The van der Waals surface area contributed by atoms with Crippen molar-refractivity contribution in [3.05, 3.63) is 53.1 Å². The van der Waals surface area contributed by atoms with Crippen LogP contribution in [0.1, 0.15) is 35.3 Å². The predicted octanol–water partition coefficient (Wildman–Crippen LogP) is 3.40. The predicted molar refractivity (Wildman–Crippen MR) is 110 cm³/mol. The number of sulfonamides is 1. The van der Waals surface area contributed by atoms with Crippen LogP contribution in [0.15, 0.2) is 41.3 Å². The molecule has 0 aliphatic heterocycles. The first-order valence-corrected chi connectivity index (χ1v) is 10.7. The third kappa shape index (κ3) is 5.07. The number of hydrogen-bond donors (Lipinski definition) is 0. The number of methoxy groups -OCH3 is 2. The maximum Gasteiger partial charge on any atom is 0.338 e. The zero-order valence-electron chi connectivity index (χ0n) is 17.4. The second kappa shape index (κ2) is 9.76. The van der Waals surface area contributed by atoms with Crippen molar-refractivity contribution in [3.8, 4) is 11.5 Å². The second-order valence-electron chi connectivity index (χ2n) is 6.33. The van der Waals surface area contributed by atoms with Crippen LogP contribution in [-0.2, 0) is 21.4 Å². The number of nitrogens with zero attached hydrogens (tertiary/aromatic N) is 1. The Morgan fingerprint density at radius 2 is 1.62 bits per heavy atom. The topological polar surface area (TPSA) is 82.1 Å². The lowest BCUT2D eigenvalue weighted by Gasteiger charge is -2.18. The molecule has 0 aliphatic carbocycles. The molecule has 7 nitrogen and oxygen atoms in total. The van der Waals surface area contributed by atoms with Crippen molar-refractivity contribution < 1.29 is 27.4 Å². The Morgan fingerprint density at radius 1 is 1.00 bits per heavy atom. The van der Waals surface area contributed by atoms with Crippen LogP contribution in [0.5, 0.6) is 11.5 Å². The fourth-order valence-corrected chi connectivity index (χ4v) is 4.41. The minimum absolute atomic E-state index is 0.0258. The first-order chi connectivity index (χ1) is 13.8. The smallest absolute Gasteiger partial charge is 0.338 e. The maximum absolute atomic E-state index is 12.7. The summed E-state index contributed by atoms with van der Waals surface area (Å²) in [5, 5.41) is 0. The van der Waals surface area contributed by atoms with Gasteiger partial charge in [-0.1, -0.05) is 19.9 Å². The van der Waals surface area contributed by atoms with Gasteiger partial charge in [0.15, 0.2) is 11.5 Å². The summed E-state index contributed by atoms with van der Waals surface area (Å²) in [6.45, 7) is 6.15. The number of benzene rings is 2. The third-order valence-electron chi connectivity index (χ3n) is 4.61. The highest BCUT2D eigenvalue weighted by molar-refractivity contribution is 7.89. The number of rotatable bonds is 9. The lowest BCUT2D eigenvalue weighted by Crippen LogP contribution is -2.30. The lowest BCUT2D eigenvalue weighted by atomic mass is 10.1. The van der Waals surface area contributed by atoms with E-state index >= 15 is 0 Å². The van der Waals surface area contributed by atoms with Gasteiger partial charge in [-0.2, -0.15) is 4.31 Å². The van der Waals surface area contributed by atoms with Crippen molar-refractivity contribution in [2.75, 3.05) is 27.3 Å². The van der Waals surface area contributed by atoms with Gasteiger partial charge >= 0.3 is 5.97 Å². The molecule has 2 rings (SSSR count). The molecule has 0 fully saturated rings. The molecule has 0 aromatic heterocycles. The molecule has 0 heterocycles. The fourth-order valence-electron chi connectivity index (χ4n) is 2.90. The number of aryl methyl sites for hydroxylation is 1. The summed E-state index contributed by atoms with van der Waals surface area (Å²) in [6, 6.07) is 9.45. The van der Waals surface area contributed by atoms with Crippen molar-refractivity contribution in [2.24, 2.45) is 0 Å². The molecule has 2 aromatic carbocycles. The summed E-state index contributed by atoms with van der Waals surface area (Å²) in [7, 11) is -0.568. The first kappa shape index (κ1) is 22.7. The molecule has 0 saturated heterocycles. The minimum Gasteiger partial charge on any atom is -0.493 e. The van der Waals surface area contributed by atoms with Crippen molar-refractivity contribution in [1.82, 2.24) is 4.31 Å². The van der Waals surface area contributed by atoms with Crippen LogP contribution in [0.2, 0.25) is 0 Å². The van der Waals surface area contributed by atoms with Gasteiger partial charge in [0.05, 0.1) is 24.7 Å². The Labute approximate surface area is 172 Å². The van der Waals surface area contributed by atoms with Crippen LogP contribution < -0.4 is 9.47 Å². The van der Waals surface area contributed by atoms with Gasteiger partial charge in [0, 0.05) is 13.1 Å². The number of esters is 1. The molecule has 0 radical (unpaired) electrons. The molecule has 0 amide bonds. The number of ether oxygens (including phenoxy) is 3. The van der Waals surface area contributed by atoms with Crippen molar-refractivity contribution in [2.45, 2.75) is 32.3 Å². The molecule has 0 bridgehead atoms. The molecule has 2 aromatic rings. The van der Waals surface area contributed by atoms with Crippen LogP contribution in [0.25, 0.3) is 0 Å². The average Bonchev–Trinajstić information content (AvgIpc) is 2.73. The SMILES string of the molecule is CCN(CC)S(=O)(=O)c1cccc(C(=O)OCc2cc(OC)c(OC)cc2C)c1. The third-order valence-corrected chi connectivity index (χ3v) is 6.66. The Hall–Kier alpha value is -2.58. The molecule has 158 valence electrons. The Balaban J connectivity index is 2.21. The summed E-state index contributed by atoms with van der Waals surface area (Å²) in [5.41, 5.74) is 1.83. The van der Waals surface area contributed by atoms with Gasteiger partial charge in [-0.25, -0.2) is 13.2 Å². The molecular formula is C21H27NO6S. The highest BCUT2D eigenvalue weighted by Gasteiger charge is 2.23. The zero-order valence-corrected chi connectivity index (χ0v) is 18.2. The summed E-state index contributed by atoms with van der Waals surface area (Å²) in [6.07, 6.45) is 0. The average molecular weight is 422 g/mol. The maximum atomic E-state index is 12.7. The Bertz CT molecular complexity index is 967. The molecule has 29 heavy (non-hydrogen) atoms. The van der Waals surface area contributed by atoms with Gasteiger partial charge in [-0.15, -0.1) is 0 Å². The van der Waals surface area contributed by atoms with Crippen LogP contribution in [0.3, 0.4) is 0 Å². The summed E-state index contributed by atoms with van der Waals surface area (Å²) in [5.74, 6) is 0.529. The van der Waals surface area contributed by atoms with E-state index in [-0.39, 0.29) is 17.1 Å². The Kier molecular flexibility index (Phi) is 7.64. The summed E-state index contributed by atoms with van der Waals surface area (Å²) >= 11 is 0. The lowest BCUT2D eigenvalue weighted by molar-refractivity contribution is 0.0471. The standard InChI is InChI=1S/C21H27NO6S/c1-6-22(7-2)29(24,25)18-10-8-9-16(12-18)21(23)28-14-17-13-20(27-5)19(26-4)11-15(17)3/h8-13H,6-7,14H2,1-5H3. The first-order valence-electron chi connectivity index (χ1n) is 9.27. The summed E-state index contributed by atoms with van der Waals surface area (Å²) < 4.78 is 42.6. The van der Waals surface area contributed by atoms with Gasteiger partial charge in [-0.3, -0.25) is 0 Å². The van der Waals surface area contributed by atoms with Gasteiger partial charge < -0.3 is 14.2 Å². The van der Waals surface area contributed by atoms with E-state index in [1.54, 1.807) is 33.1 Å². The molecule has 8 heteroatoms. The molecule has 0 atom stereocenters. The zero-order chi connectivity index (χ0) is 21.6. The van der Waals surface area contributed by atoms with Crippen LogP contribution >= 0.6 is 0 Å². The largest absolute Gasteiger partial charge is 0.493 e. The van der Waals surface area contributed by atoms with Crippen LogP contribution in [0, 0.1) is 6.92 Å². The number of hydrogen-bond acceptors (Lipinski definition) is 6. The summed E-state index contributed by atoms with van der Waals surface area (Å²) in [4.78, 5) is 12.6. The van der Waals surface area contributed by atoms with E-state index < -0.39 is 16.0 Å². The van der Waals surface area contributed by atoms with Crippen molar-refractivity contribution in [1.29, 1.82) is 0 Å². The van der Waals surface area contributed by atoms with Crippen molar-refractivity contribution in [3.63, 3.8) is 0 Å². The van der Waals surface area contributed by atoms with E-state index in [1.807, 2.05) is 6.92 Å². The van der Waals surface area contributed by atoms with Gasteiger partial charge in [0.1, 0.15) is 6.61 Å². The minimum atomic E-state index is -3.65. The molecule has 0 saturated carbocycles. The van der Waals surface area contributed by atoms with Crippen LogP contribution in [-0.4, -0.2) is 46.0 Å². The van der Waals surface area contributed by atoms with E-state index in [9.17, 15) is 13.2 Å². The second-order valence-corrected chi connectivity index (χ2v) is 8.26. The molecule has 0 unspecified atom stereocenters. The number of carbonyl (C=O) groups excluding carboxylic acids is 1. The molecule has 0 spiro atoms. The van der Waals surface area contributed by atoms with E-state index in [2.05, 4.69) is 0 Å². The van der Waals surface area contributed by atoms with E-state index in [0.717, 1.165) is 11.1 Å². The fraction of sp³-hybridized carbons (Fsp3) is 0.381. The molecule has 0 N–H and O–H groups in total. The van der Waals surface area contributed by atoms with Crippen LogP contribution in [0.4, 0.5) is 0 Å². The van der Waals surface area contributed by atoms with E-state index in [1.165, 1.54) is 35.7 Å². The quantitative estimate of drug-likeness (QED) is 0.577. The molecule has 0 aliphatic rings. The van der Waals surface area contributed by atoms with E-state index in [0.29, 0.717) is 24.6 Å². The van der Waals surface area contributed by atoms with E-state index in [4.69, 9.17) is 14.2 Å². The Morgan fingerprint density at radius 3 is 2.21 bits per heavy atom.